The van der Waals surface area contributed by atoms with Crippen molar-refractivity contribution in [2.45, 2.75) is 20.5 Å². The second-order valence-electron chi connectivity index (χ2n) is 3.78. The van der Waals surface area contributed by atoms with Crippen molar-refractivity contribution >= 4 is 5.88 Å². The van der Waals surface area contributed by atoms with E-state index in [1.807, 2.05) is 26.0 Å². The molecule has 16 heavy (non-hydrogen) atoms. The molecule has 0 atom stereocenters. The predicted molar refractivity (Wildman–Crippen MR) is 61.2 cm³/mol. The number of aromatic nitrogens is 1. The minimum absolute atomic E-state index is 0.305. The molecule has 0 radical (unpaired) electrons. The Morgan fingerprint density at radius 3 is 2.81 bits per heavy atom. The maximum atomic E-state index is 5.64. The van der Waals surface area contributed by atoms with Crippen molar-refractivity contribution in [3.63, 3.8) is 0 Å². The van der Waals surface area contributed by atoms with Gasteiger partial charge in [0, 0.05) is 6.07 Å². The first-order valence-corrected chi connectivity index (χ1v) is 5.06. The van der Waals surface area contributed by atoms with E-state index < -0.39 is 0 Å². The summed E-state index contributed by atoms with van der Waals surface area (Å²) in [5.74, 6) is 1.17. The fourth-order valence-corrected chi connectivity index (χ4v) is 1.41. The number of nitrogens with two attached hydrogens (primary N) is 1. The maximum absolute atomic E-state index is 5.64. The summed E-state index contributed by atoms with van der Waals surface area (Å²) in [6.45, 7) is 4.40. The number of ether oxygens (including phenoxy) is 1. The summed E-state index contributed by atoms with van der Waals surface area (Å²) in [6, 6.07) is 7.74. The first-order valence-electron chi connectivity index (χ1n) is 5.06. The van der Waals surface area contributed by atoms with Crippen molar-refractivity contribution in [2.24, 2.45) is 0 Å². The number of nitrogen functional groups attached to an aromatic ring is 1. The Morgan fingerprint density at radius 2 is 2.12 bits per heavy atom. The molecule has 0 amide bonds. The van der Waals surface area contributed by atoms with E-state index in [1.165, 1.54) is 5.56 Å². The van der Waals surface area contributed by atoms with Gasteiger partial charge >= 0.3 is 0 Å². The highest BCUT2D eigenvalue weighted by atomic mass is 16.5. The van der Waals surface area contributed by atoms with Gasteiger partial charge in [0.25, 0.3) is 0 Å². The normalized spacial score (nSPS) is 10.4. The van der Waals surface area contributed by atoms with Crippen LogP contribution >= 0.6 is 0 Å². The van der Waals surface area contributed by atoms with Crippen LogP contribution in [0.5, 0.6) is 5.75 Å². The van der Waals surface area contributed by atoms with Crippen LogP contribution in [-0.2, 0) is 6.61 Å². The smallest absolute Gasteiger partial charge is 0.222 e. The molecular formula is C12H14N2O2. The molecule has 2 aromatic rings. The quantitative estimate of drug-likeness (QED) is 0.859. The molecular weight excluding hydrogens is 204 g/mol. The molecule has 0 saturated heterocycles. The molecule has 0 unspecified atom stereocenters. The average Bonchev–Trinajstić information content (AvgIpc) is 2.66. The predicted octanol–water partition coefficient (Wildman–Crippen LogP) is 2.45. The lowest BCUT2D eigenvalue weighted by molar-refractivity contribution is 0.288. The third-order valence-corrected chi connectivity index (χ3v) is 2.30. The molecule has 1 aromatic carbocycles. The largest absolute Gasteiger partial charge is 0.487 e. The highest BCUT2D eigenvalue weighted by Crippen LogP contribution is 2.20. The fraction of sp³-hybridized carbons (Fsp3) is 0.250. The van der Waals surface area contributed by atoms with Crippen LogP contribution in [0.25, 0.3) is 0 Å². The molecule has 0 aliphatic rings. The van der Waals surface area contributed by atoms with Crippen LogP contribution < -0.4 is 10.5 Å². The summed E-state index contributed by atoms with van der Waals surface area (Å²) in [4.78, 5) is 0. The Morgan fingerprint density at radius 1 is 1.31 bits per heavy atom. The van der Waals surface area contributed by atoms with Crippen molar-refractivity contribution in [3.8, 4) is 5.75 Å². The molecule has 4 heteroatoms. The van der Waals surface area contributed by atoms with Gasteiger partial charge in [0.1, 0.15) is 18.1 Å². The summed E-state index contributed by atoms with van der Waals surface area (Å²) in [7, 11) is 0. The molecule has 2 rings (SSSR count). The van der Waals surface area contributed by atoms with Crippen LogP contribution in [0.4, 0.5) is 5.88 Å². The monoisotopic (exact) mass is 218 g/mol. The molecule has 2 N–H and O–H groups in total. The first kappa shape index (κ1) is 10.5. The van der Waals surface area contributed by atoms with Gasteiger partial charge in [0.15, 0.2) is 0 Å². The summed E-state index contributed by atoms with van der Waals surface area (Å²) < 4.78 is 10.4. The SMILES string of the molecule is Cc1ccc(C)c(OCc2cc(N)on2)c1. The summed E-state index contributed by atoms with van der Waals surface area (Å²) in [5, 5.41) is 3.76. The number of anilines is 1. The van der Waals surface area contributed by atoms with Crippen molar-refractivity contribution in [1.82, 2.24) is 5.16 Å². The van der Waals surface area contributed by atoms with Crippen LogP contribution in [0.15, 0.2) is 28.8 Å². The number of benzene rings is 1. The van der Waals surface area contributed by atoms with E-state index in [9.17, 15) is 0 Å². The van der Waals surface area contributed by atoms with Gasteiger partial charge in [-0.05, 0) is 31.0 Å². The van der Waals surface area contributed by atoms with E-state index >= 15 is 0 Å². The van der Waals surface area contributed by atoms with Crippen molar-refractivity contribution in [2.75, 3.05) is 5.73 Å². The topological polar surface area (TPSA) is 61.3 Å². The van der Waals surface area contributed by atoms with Crippen LogP contribution in [0.2, 0.25) is 0 Å². The van der Waals surface area contributed by atoms with Gasteiger partial charge in [-0.1, -0.05) is 17.3 Å². The van der Waals surface area contributed by atoms with Gasteiger partial charge in [-0.15, -0.1) is 0 Å². The Labute approximate surface area is 94.0 Å². The standard InChI is InChI=1S/C12H14N2O2/c1-8-3-4-9(2)11(5-8)15-7-10-6-12(13)16-14-10/h3-6H,7,13H2,1-2H3. The number of nitrogens with zero attached hydrogens (tertiary/aromatic N) is 1. The van der Waals surface area contributed by atoms with Gasteiger partial charge in [-0.3, -0.25) is 0 Å². The lowest BCUT2D eigenvalue weighted by atomic mass is 10.1. The Hall–Kier alpha value is -1.97. The minimum Gasteiger partial charge on any atom is -0.487 e. The lowest BCUT2D eigenvalue weighted by Crippen LogP contribution is -1.97. The van der Waals surface area contributed by atoms with E-state index in [4.69, 9.17) is 15.0 Å². The number of hydrogen-bond acceptors (Lipinski definition) is 4. The summed E-state index contributed by atoms with van der Waals surface area (Å²) >= 11 is 0. The molecule has 0 fully saturated rings. The minimum atomic E-state index is 0.305. The number of aryl methyl sites for hydroxylation is 2. The van der Waals surface area contributed by atoms with Crippen LogP contribution in [0, 0.1) is 13.8 Å². The zero-order chi connectivity index (χ0) is 11.5. The van der Waals surface area contributed by atoms with E-state index in [-0.39, 0.29) is 0 Å². The molecule has 84 valence electrons. The first-order chi connectivity index (χ1) is 7.65. The molecule has 0 saturated carbocycles. The Balaban J connectivity index is 2.07. The van der Waals surface area contributed by atoms with E-state index in [0.29, 0.717) is 18.2 Å². The molecule has 1 aromatic heterocycles. The van der Waals surface area contributed by atoms with Gasteiger partial charge in [-0.25, -0.2) is 0 Å². The van der Waals surface area contributed by atoms with Gasteiger partial charge in [0.2, 0.25) is 5.88 Å². The molecule has 0 aliphatic carbocycles. The van der Waals surface area contributed by atoms with E-state index in [1.54, 1.807) is 6.07 Å². The highest BCUT2D eigenvalue weighted by Gasteiger charge is 2.04. The van der Waals surface area contributed by atoms with Crippen LogP contribution in [0.3, 0.4) is 0 Å². The maximum Gasteiger partial charge on any atom is 0.222 e. The van der Waals surface area contributed by atoms with Gasteiger partial charge < -0.3 is 15.0 Å². The number of hydrogen-bond donors (Lipinski definition) is 1. The zero-order valence-electron chi connectivity index (χ0n) is 9.36. The lowest BCUT2D eigenvalue weighted by Gasteiger charge is -2.07. The second-order valence-corrected chi connectivity index (χ2v) is 3.78. The molecule has 0 aliphatic heterocycles. The molecule has 4 nitrogen and oxygen atoms in total. The Kier molecular flexibility index (Phi) is 2.81. The third kappa shape index (κ3) is 2.34. The molecule has 1 heterocycles. The molecule has 0 spiro atoms. The fourth-order valence-electron chi connectivity index (χ4n) is 1.41. The molecule has 0 bridgehead atoms. The van der Waals surface area contributed by atoms with Crippen molar-refractivity contribution in [3.05, 3.63) is 41.1 Å². The number of rotatable bonds is 3. The van der Waals surface area contributed by atoms with Gasteiger partial charge in [0.05, 0.1) is 0 Å². The zero-order valence-corrected chi connectivity index (χ0v) is 9.36. The van der Waals surface area contributed by atoms with Crippen molar-refractivity contribution < 1.29 is 9.26 Å². The van der Waals surface area contributed by atoms with E-state index in [0.717, 1.165) is 11.3 Å². The Bertz CT molecular complexity index is 492. The van der Waals surface area contributed by atoms with Crippen LogP contribution in [0.1, 0.15) is 16.8 Å². The average molecular weight is 218 g/mol. The van der Waals surface area contributed by atoms with Crippen molar-refractivity contribution in [1.29, 1.82) is 0 Å². The van der Waals surface area contributed by atoms with E-state index in [2.05, 4.69) is 11.2 Å². The summed E-state index contributed by atoms with van der Waals surface area (Å²) in [6.07, 6.45) is 0. The third-order valence-electron chi connectivity index (χ3n) is 2.30. The highest BCUT2D eigenvalue weighted by molar-refractivity contribution is 5.36. The van der Waals surface area contributed by atoms with Gasteiger partial charge in [-0.2, -0.15) is 0 Å². The second kappa shape index (κ2) is 4.26. The van der Waals surface area contributed by atoms with Crippen LogP contribution in [-0.4, -0.2) is 5.16 Å². The summed E-state index contributed by atoms with van der Waals surface area (Å²) in [5.41, 5.74) is 8.38.